The molecule has 0 aliphatic carbocycles. The molecule has 1 rings (SSSR count). The van der Waals surface area contributed by atoms with Crippen molar-refractivity contribution in [2.45, 2.75) is 20.8 Å². The Hall–Kier alpha value is -2.17. The van der Waals surface area contributed by atoms with Gasteiger partial charge in [0.1, 0.15) is 5.41 Å². The van der Waals surface area contributed by atoms with E-state index in [0.29, 0.717) is 0 Å². The van der Waals surface area contributed by atoms with Gasteiger partial charge in [-0.1, -0.05) is 30.3 Å². The molecule has 0 unspecified atom stereocenters. The summed E-state index contributed by atoms with van der Waals surface area (Å²) < 4.78 is 0. The van der Waals surface area contributed by atoms with Crippen LogP contribution in [-0.2, 0) is 9.59 Å². The van der Waals surface area contributed by atoms with Gasteiger partial charge in [0.05, 0.1) is 5.41 Å². The fourth-order valence-corrected chi connectivity index (χ4v) is 1.74. The maximum atomic E-state index is 12.4. The minimum atomic E-state index is -2.04. The zero-order valence-corrected chi connectivity index (χ0v) is 11.0. The van der Waals surface area contributed by atoms with Gasteiger partial charge < -0.3 is 10.2 Å². The molecule has 0 amide bonds. The molecule has 1 aromatic carbocycles. The van der Waals surface area contributed by atoms with Crippen LogP contribution in [0.3, 0.4) is 0 Å². The normalized spacial score (nSPS) is 14.5. The fourth-order valence-electron chi connectivity index (χ4n) is 1.74. The van der Waals surface area contributed by atoms with Crippen LogP contribution in [0.5, 0.6) is 0 Å². The average molecular weight is 264 g/mol. The van der Waals surface area contributed by atoms with Gasteiger partial charge in [-0.2, -0.15) is 0 Å². The maximum Gasteiger partial charge on any atom is 0.318 e. The molecule has 1 aromatic rings. The van der Waals surface area contributed by atoms with Crippen molar-refractivity contribution in [2.75, 3.05) is 0 Å². The molecule has 0 saturated carbocycles. The van der Waals surface area contributed by atoms with Crippen LogP contribution < -0.4 is 0 Å². The first-order chi connectivity index (χ1) is 8.65. The SMILES string of the molecule is CC(C)(C(=O)O)[C@](C)(C(=O)O)C(=O)c1ccccc1. The summed E-state index contributed by atoms with van der Waals surface area (Å²) in [4.78, 5) is 35.2. The Morgan fingerprint density at radius 1 is 0.895 bits per heavy atom. The van der Waals surface area contributed by atoms with E-state index in [1.807, 2.05) is 0 Å². The van der Waals surface area contributed by atoms with Crippen molar-refractivity contribution in [1.82, 2.24) is 0 Å². The number of carboxylic acids is 2. The highest BCUT2D eigenvalue weighted by atomic mass is 16.4. The van der Waals surface area contributed by atoms with E-state index in [4.69, 9.17) is 0 Å². The van der Waals surface area contributed by atoms with Crippen molar-refractivity contribution in [2.24, 2.45) is 10.8 Å². The van der Waals surface area contributed by atoms with Crippen LogP contribution in [0.1, 0.15) is 31.1 Å². The number of carbonyl (C=O) groups is 3. The molecule has 0 radical (unpaired) electrons. The number of rotatable bonds is 5. The zero-order chi connectivity index (χ0) is 14.8. The van der Waals surface area contributed by atoms with E-state index < -0.39 is 28.6 Å². The van der Waals surface area contributed by atoms with Gasteiger partial charge in [-0.3, -0.25) is 14.4 Å². The fraction of sp³-hybridized carbons (Fsp3) is 0.357. The van der Waals surface area contributed by atoms with Crippen LogP contribution in [0.25, 0.3) is 0 Å². The first kappa shape index (κ1) is 14.9. The number of ketones is 1. The van der Waals surface area contributed by atoms with Crippen LogP contribution in [0.2, 0.25) is 0 Å². The summed E-state index contributed by atoms with van der Waals surface area (Å²) in [5, 5.41) is 18.6. The summed E-state index contributed by atoms with van der Waals surface area (Å²) in [6.45, 7) is 3.63. The van der Waals surface area contributed by atoms with Crippen LogP contribution in [0.15, 0.2) is 30.3 Å². The van der Waals surface area contributed by atoms with Crippen LogP contribution >= 0.6 is 0 Å². The first-order valence-corrected chi connectivity index (χ1v) is 5.72. The Kier molecular flexibility index (Phi) is 3.79. The minimum absolute atomic E-state index is 0.182. The molecule has 0 heterocycles. The summed E-state index contributed by atoms with van der Waals surface area (Å²) in [5.41, 5.74) is -3.59. The highest BCUT2D eigenvalue weighted by Crippen LogP contribution is 2.42. The van der Waals surface area contributed by atoms with Crippen LogP contribution in [-0.4, -0.2) is 27.9 Å². The van der Waals surface area contributed by atoms with Gasteiger partial charge in [0.15, 0.2) is 5.78 Å². The van der Waals surface area contributed by atoms with Gasteiger partial charge in [-0.25, -0.2) is 0 Å². The lowest BCUT2D eigenvalue weighted by atomic mass is 9.63. The standard InChI is InChI=1S/C14H16O5/c1-13(2,11(16)17)14(3,12(18)19)10(15)9-7-5-4-6-8-9/h4-8H,1-3H3,(H,16,17)(H,18,19)/t14-/m0/s1. The lowest BCUT2D eigenvalue weighted by molar-refractivity contribution is -0.165. The van der Waals surface area contributed by atoms with E-state index in [9.17, 15) is 24.6 Å². The van der Waals surface area contributed by atoms with Crippen LogP contribution in [0.4, 0.5) is 0 Å². The molecule has 0 bridgehead atoms. The molecule has 0 aliphatic heterocycles. The average Bonchev–Trinajstić information content (AvgIpc) is 2.37. The topological polar surface area (TPSA) is 91.7 Å². The van der Waals surface area contributed by atoms with E-state index in [1.54, 1.807) is 18.2 Å². The first-order valence-electron chi connectivity index (χ1n) is 5.72. The smallest absolute Gasteiger partial charge is 0.318 e. The number of carbonyl (C=O) groups excluding carboxylic acids is 1. The second-order valence-corrected chi connectivity index (χ2v) is 5.06. The Morgan fingerprint density at radius 2 is 1.37 bits per heavy atom. The van der Waals surface area contributed by atoms with E-state index in [-0.39, 0.29) is 5.56 Å². The predicted molar refractivity (Wildman–Crippen MR) is 67.9 cm³/mol. The van der Waals surface area contributed by atoms with E-state index in [0.717, 1.165) is 6.92 Å². The molecule has 0 spiro atoms. The number of benzene rings is 1. The van der Waals surface area contributed by atoms with Crippen molar-refractivity contribution in [3.63, 3.8) is 0 Å². The molecular formula is C14H16O5. The molecule has 0 aromatic heterocycles. The van der Waals surface area contributed by atoms with Gasteiger partial charge in [-0.05, 0) is 20.8 Å². The van der Waals surface area contributed by atoms with Crippen molar-refractivity contribution >= 4 is 17.7 Å². The summed E-state index contributed by atoms with van der Waals surface area (Å²) >= 11 is 0. The molecule has 1 atom stereocenters. The summed E-state index contributed by atoms with van der Waals surface area (Å²) in [6.07, 6.45) is 0. The number of carboxylic acid groups (broad SMARTS) is 2. The molecule has 2 N–H and O–H groups in total. The highest BCUT2D eigenvalue weighted by Gasteiger charge is 2.57. The highest BCUT2D eigenvalue weighted by molar-refractivity contribution is 6.14. The lowest BCUT2D eigenvalue weighted by Gasteiger charge is -2.35. The second kappa shape index (κ2) is 4.84. The number of Topliss-reactive ketones (excluding diaryl/α,β-unsaturated/α-hetero) is 1. The molecule has 5 nitrogen and oxygen atoms in total. The van der Waals surface area contributed by atoms with Crippen molar-refractivity contribution in [3.8, 4) is 0 Å². The maximum absolute atomic E-state index is 12.4. The van der Waals surface area contributed by atoms with Gasteiger partial charge in [-0.15, -0.1) is 0 Å². The summed E-state index contributed by atoms with van der Waals surface area (Å²) in [5.74, 6) is -3.50. The summed E-state index contributed by atoms with van der Waals surface area (Å²) in [6, 6.07) is 7.84. The molecule has 19 heavy (non-hydrogen) atoms. The van der Waals surface area contributed by atoms with Crippen molar-refractivity contribution in [1.29, 1.82) is 0 Å². The monoisotopic (exact) mass is 264 g/mol. The van der Waals surface area contributed by atoms with Crippen molar-refractivity contribution in [3.05, 3.63) is 35.9 Å². The molecular weight excluding hydrogens is 248 g/mol. The predicted octanol–water partition coefficient (Wildman–Crippen LogP) is 2.07. The summed E-state index contributed by atoms with van der Waals surface area (Å²) in [7, 11) is 0. The largest absolute Gasteiger partial charge is 0.481 e. The van der Waals surface area contributed by atoms with E-state index in [1.165, 1.54) is 26.0 Å². The van der Waals surface area contributed by atoms with Gasteiger partial charge in [0, 0.05) is 5.56 Å². The number of hydrogen-bond acceptors (Lipinski definition) is 3. The van der Waals surface area contributed by atoms with Gasteiger partial charge in [0.25, 0.3) is 0 Å². The Labute approximate surface area is 110 Å². The van der Waals surface area contributed by atoms with Gasteiger partial charge in [0.2, 0.25) is 0 Å². The molecule has 102 valence electrons. The third-order valence-electron chi connectivity index (χ3n) is 3.70. The van der Waals surface area contributed by atoms with E-state index >= 15 is 0 Å². The zero-order valence-electron chi connectivity index (χ0n) is 11.0. The Morgan fingerprint density at radius 3 is 1.74 bits per heavy atom. The molecule has 0 saturated heterocycles. The third-order valence-corrected chi connectivity index (χ3v) is 3.70. The third kappa shape index (κ3) is 2.23. The van der Waals surface area contributed by atoms with Crippen molar-refractivity contribution < 1.29 is 24.6 Å². The van der Waals surface area contributed by atoms with Crippen LogP contribution in [0, 0.1) is 10.8 Å². The Balaban J connectivity index is 3.41. The number of hydrogen-bond donors (Lipinski definition) is 2. The quantitative estimate of drug-likeness (QED) is 0.627. The molecule has 0 aliphatic rings. The van der Waals surface area contributed by atoms with E-state index in [2.05, 4.69) is 0 Å². The lowest BCUT2D eigenvalue weighted by Crippen LogP contribution is -2.52. The minimum Gasteiger partial charge on any atom is -0.481 e. The number of aliphatic carboxylic acids is 2. The molecule has 5 heteroatoms. The molecule has 0 fully saturated rings. The van der Waals surface area contributed by atoms with Gasteiger partial charge >= 0.3 is 11.9 Å². The Bertz CT molecular complexity index is 518. The second-order valence-electron chi connectivity index (χ2n) is 5.06.